The number of allylic oxidation sites excluding steroid dienone is 1. The summed E-state index contributed by atoms with van der Waals surface area (Å²) in [7, 11) is 0. The van der Waals surface area contributed by atoms with E-state index in [1.54, 1.807) is 0 Å². The molecule has 0 saturated heterocycles. The zero-order chi connectivity index (χ0) is 8.97. The highest BCUT2D eigenvalue weighted by Crippen LogP contribution is 2.12. The van der Waals surface area contributed by atoms with Crippen molar-refractivity contribution in [2.75, 3.05) is 0 Å². The first-order chi connectivity index (χ1) is 5.68. The largest absolute Gasteiger partial charge is 0.0814 e. The lowest BCUT2D eigenvalue weighted by molar-refractivity contribution is 0.836. The molecule has 0 radical (unpaired) electrons. The molecule has 0 unspecified atom stereocenters. The fraction of sp³-hybridized carbons (Fsp3) is 0.273. The number of halogens is 1. The molecule has 0 aliphatic heterocycles. The summed E-state index contributed by atoms with van der Waals surface area (Å²) in [6.07, 6.45) is 4.35. The van der Waals surface area contributed by atoms with E-state index >= 15 is 0 Å². The van der Waals surface area contributed by atoms with Crippen LogP contribution in [0.1, 0.15) is 19.4 Å². The molecule has 1 rings (SSSR count). The average molecular weight is 225 g/mol. The summed E-state index contributed by atoms with van der Waals surface area (Å²) < 4.78 is 1.13. The molecule has 0 nitrogen and oxygen atoms in total. The molecule has 0 saturated carbocycles. The number of hydrogen-bond acceptors (Lipinski definition) is 0. The molecular weight excluding hydrogens is 212 g/mol. The Morgan fingerprint density at radius 1 is 1.17 bits per heavy atom. The van der Waals surface area contributed by atoms with Gasteiger partial charge in [-0.05, 0) is 23.6 Å². The van der Waals surface area contributed by atoms with Crippen LogP contribution in [0.3, 0.4) is 0 Å². The molecular formula is C11H13Br. The van der Waals surface area contributed by atoms with Crippen LogP contribution in [0.25, 0.3) is 6.08 Å². The lowest BCUT2D eigenvalue weighted by Gasteiger charge is -1.95. The Labute approximate surface area is 82.4 Å². The normalized spacial score (nSPS) is 11.3. The van der Waals surface area contributed by atoms with Crippen LogP contribution in [0.5, 0.6) is 0 Å². The summed E-state index contributed by atoms with van der Waals surface area (Å²) >= 11 is 3.40. The molecule has 0 aliphatic carbocycles. The van der Waals surface area contributed by atoms with Gasteiger partial charge in [0.1, 0.15) is 0 Å². The monoisotopic (exact) mass is 224 g/mol. The molecule has 0 atom stereocenters. The lowest BCUT2D eigenvalue weighted by atomic mass is 10.1. The van der Waals surface area contributed by atoms with Crippen molar-refractivity contribution >= 4 is 22.0 Å². The van der Waals surface area contributed by atoms with Crippen molar-refractivity contribution in [3.05, 3.63) is 40.4 Å². The van der Waals surface area contributed by atoms with E-state index in [1.165, 1.54) is 5.56 Å². The second kappa shape index (κ2) is 4.46. The number of benzene rings is 1. The number of rotatable bonds is 2. The second-order valence-corrected chi connectivity index (χ2v) is 4.07. The molecule has 0 N–H and O–H groups in total. The van der Waals surface area contributed by atoms with E-state index in [-0.39, 0.29) is 0 Å². The zero-order valence-corrected chi connectivity index (χ0v) is 9.01. The third-order valence-corrected chi connectivity index (χ3v) is 2.07. The van der Waals surface area contributed by atoms with Crippen molar-refractivity contribution in [3.8, 4) is 0 Å². The summed E-state index contributed by atoms with van der Waals surface area (Å²) in [5, 5.41) is 0. The molecule has 12 heavy (non-hydrogen) atoms. The Kier molecular flexibility index (Phi) is 3.54. The molecule has 0 bridgehead atoms. The fourth-order valence-electron chi connectivity index (χ4n) is 0.877. The van der Waals surface area contributed by atoms with Crippen LogP contribution in [-0.4, -0.2) is 0 Å². The van der Waals surface area contributed by atoms with Gasteiger partial charge in [-0.3, -0.25) is 0 Å². The summed E-state index contributed by atoms with van der Waals surface area (Å²) in [5.41, 5.74) is 1.26. The second-order valence-electron chi connectivity index (χ2n) is 3.15. The van der Waals surface area contributed by atoms with E-state index in [2.05, 4.69) is 66.2 Å². The first-order valence-electron chi connectivity index (χ1n) is 4.12. The predicted molar refractivity (Wildman–Crippen MR) is 58.0 cm³/mol. The molecule has 0 spiro atoms. The van der Waals surface area contributed by atoms with E-state index in [1.807, 2.05) is 0 Å². The topological polar surface area (TPSA) is 0 Å². The molecule has 1 aromatic rings. The average Bonchev–Trinajstić information content (AvgIpc) is 2.03. The van der Waals surface area contributed by atoms with Gasteiger partial charge in [-0.1, -0.05) is 54.1 Å². The van der Waals surface area contributed by atoms with Gasteiger partial charge in [0.05, 0.1) is 0 Å². The minimum Gasteiger partial charge on any atom is -0.0814 e. The van der Waals surface area contributed by atoms with Crippen molar-refractivity contribution < 1.29 is 0 Å². The maximum atomic E-state index is 3.40. The smallest absolute Gasteiger partial charge is 0.0175 e. The SMILES string of the molecule is CC(C)/C=C\c1ccc(Br)cc1. The van der Waals surface area contributed by atoms with Crippen LogP contribution in [0.4, 0.5) is 0 Å². The molecule has 0 aliphatic rings. The van der Waals surface area contributed by atoms with E-state index in [0.717, 1.165) is 4.47 Å². The highest BCUT2D eigenvalue weighted by molar-refractivity contribution is 9.10. The van der Waals surface area contributed by atoms with Crippen LogP contribution < -0.4 is 0 Å². The van der Waals surface area contributed by atoms with Gasteiger partial charge in [0, 0.05) is 4.47 Å². The first-order valence-corrected chi connectivity index (χ1v) is 4.91. The lowest BCUT2D eigenvalue weighted by Crippen LogP contribution is -1.77. The molecule has 0 heterocycles. The highest BCUT2D eigenvalue weighted by atomic mass is 79.9. The van der Waals surface area contributed by atoms with Gasteiger partial charge in [0.25, 0.3) is 0 Å². The Morgan fingerprint density at radius 3 is 2.25 bits per heavy atom. The van der Waals surface area contributed by atoms with Crippen LogP contribution in [0.15, 0.2) is 34.8 Å². The molecule has 0 amide bonds. The van der Waals surface area contributed by atoms with Crippen LogP contribution >= 0.6 is 15.9 Å². The summed E-state index contributed by atoms with van der Waals surface area (Å²) in [4.78, 5) is 0. The van der Waals surface area contributed by atoms with Crippen molar-refractivity contribution in [1.82, 2.24) is 0 Å². The highest BCUT2D eigenvalue weighted by Gasteiger charge is 1.88. The Hall–Kier alpha value is -0.560. The van der Waals surface area contributed by atoms with Gasteiger partial charge in [-0.15, -0.1) is 0 Å². The Bertz CT molecular complexity index is 257. The maximum Gasteiger partial charge on any atom is 0.0175 e. The third kappa shape index (κ3) is 3.22. The predicted octanol–water partition coefficient (Wildman–Crippen LogP) is 4.12. The zero-order valence-electron chi connectivity index (χ0n) is 7.42. The Balaban J connectivity index is 2.71. The van der Waals surface area contributed by atoms with E-state index in [0.29, 0.717) is 5.92 Å². The van der Waals surface area contributed by atoms with Crippen LogP contribution in [-0.2, 0) is 0 Å². The minimum atomic E-state index is 0.619. The third-order valence-electron chi connectivity index (χ3n) is 1.54. The minimum absolute atomic E-state index is 0.619. The molecule has 64 valence electrons. The first kappa shape index (κ1) is 9.53. The van der Waals surface area contributed by atoms with E-state index < -0.39 is 0 Å². The van der Waals surface area contributed by atoms with E-state index in [4.69, 9.17) is 0 Å². The molecule has 1 heteroatoms. The van der Waals surface area contributed by atoms with Crippen molar-refractivity contribution in [2.45, 2.75) is 13.8 Å². The van der Waals surface area contributed by atoms with Gasteiger partial charge in [-0.2, -0.15) is 0 Å². The number of hydrogen-bond donors (Lipinski definition) is 0. The fourth-order valence-corrected chi connectivity index (χ4v) is 1.14. The summed E-state index contributed by atoms with van der Waals surface area (Å²) in [5.74, 6) is 0.619. The summed E-state index contributed by atoms with van der Waals surface area (Å²) in [6.45, 7) is 4.35. The quantitative estimate of drug-likeness (QED) is 0.710. The van der Waals surface area contributed by atoms with Gasteiger partial charge in [0.2, 0.25) is 0 Å². The summed E-state index contributed by atoms with van der Waals surface area (Å²) in [6, 6.07) is 8.31. The Morgan fingerprint density at radius 2 is 1.75 bits per heavy atom. The van der Waals surface area contributed by atoms with E-state index in [9.17, 15) is 0 Å². The van der Waals surface area contributed by atoms with Crippen molar-refractivity contribution in [3.63, 3.8) is 0 Å². The molecule has 0 fully saturated rings. The van der Waals surface area contributed by atoms with Gasteiger partial charge >= 0.3 is 0 Å². The van der Waals surface area contributed by atoms with Crippen molar-refractivity contribution in [1.29, 1.82) is 0 Å². The molecule has 1 aromatic carbocycles. The van der Waals surface area contributed by atoms with Crippen LogP contribution in [0.2, 0.25) is 0 Å². The van der Waals surface area contributed by atoms with Gasteiger partial charge in [-0.25, -0.2) is 0 Å². The van der Waals surface area contributed by atoms with Crippen molar-refractivity contribution in [2.24, 2.45) is 5.92 Å². The van der Waals surface area contributed by atoms with Gasteiger partial charge in [0.15, 0.2) is 0 Å². The standard InChI is InChI=1S/C11H13Br/c1-9(2)3-4-10-5-7-11(12)8-6-10/h3-9H,1-2H3/b4-3-. The van der Waals surface area contributed by atoms with Crippen LogP contribution in [0, 0.1) is 5.92 Å². The van der Waals surface area contributed by atoms with Gasteiger partial charge < -0.3 is 0 Å². The maximum absolute atomic E-state index is 3.40. The molecule has 0 aromatic heterocycles.